The number of nitrogens with one attached hydrogen (secondary N) is 1. The predicted molar refractivity (Wildman–Crippen MR) is 84.4 cm³/mol. The van der Waals surface area contributed by atoms with Crippen LogP contribution >= 0.6 is 0 Å². The summed E-state index contributed by atoms with van der Waals surface area (Å²) in [6.07, 6.45) is 4.04. The lowest BCUT2D eigenvalue weighted by molar-refractivity contribution is -0.135. The second-order valence-corrected chi connectivity index (χ2v) is 6.09. The predicted octanol–water partition coefficient (Wildman–Crippen LogP) is 1.41. The van der Waals surface area contributed by atoms with Crippen LogP contribution in [0.15, 0.2) is 6.07 Å². The standard InChI is InChI=1S/C16H26N4O2/c1-12-10-13(2)20(18-12)11-16(22)19-9-5-4-6-15(19)7-8-17-14(3)21/h10,15H,4-9,11H2,1-3H3,(H,17,21)/t15-/m0/s1. The Labute approximate surface area is 131 Å². The van der Waals surface area contributed by atoms with E-state index in [9.17, 15) is 9.59 Å². The fourth-order valence-corrected chi connectivity index (χ4v) is 3.10. The van der Waals surface area contributed by atoms with Gasteiger partial charge in [0.05, 0.1) is 5.69 Å². The normalized spacial score (nSPS) is 18.3. The fraction of sp³-hybridized carbons (Fsp3) is 0.688. The third-order valence-electron chi connectivity index (χ3n) is 4.19. The molecule has 2 heterocycles. The molecule has 22 heavy (non-hydrogen) atoms. The number of likely N-dealkylation sites (tertiary alicyclic amines) is 1. The molecular weight excluding hydrogens is 280 g/mol. The summed E-state index contributed by atoms with van der Waals surface area (Å²) in [7, 11) is 0. The number of piperidine rings is 1. The SMILES string of the molecule is CC(=O)NCC[C@@H]1CCCCN1C(=O)Cn1nc(C)cc1C. The minimum Gasteiger partial charge on any atom is -0.356 e. The molecule has 1 aromatic heterocycles. The molecular formula is C16H26N4O2. The van der Waals surface area contributed by atoms with Crippen molar-refractivity contribution in [2.24, 2.45) is 0 Å². The quantitative estimate of drug-likeness (QED) is 0.894. The Bertz CT molecular complexity index is 538. The zero-order chi connectivity index (χ0) is 16.1. The molecule has 122 valence electrons. The molecule has 6 heteroatoms. The van der Waals surface area contributed by atoms with E-state index in [1.807, 2.05) is 24.8 Å². The van der Waals surface area contributed by atoms with Crippen molar-refractivity contribution in [2.45, 2.75) is 59.0 Å². The van der Waals surface area contributed by atoms with Crippen molar-refractivity contribution in [1.29, 1.82) is 0 Å². The lowest BCUT2D eigenvalue weighted by atomic mass is 9.99. The zero-order valence-electron chi connectivity index (χ0n) is 13.8. The number of rotatable bonds is 5. The third kappa shape index (κ3) is 4.32. The van der Waals surface area contributed by atoms with Gasteiger partial charge in [-0.1, -0.05) is 0 Å². The van der Waals surface area contributed by atoms with Gasteiger partial charge in [-0.15, -0.1) is 0 Å². The molecule has 0 radical (unpaired) electrons. The Kier molecular flexibility index (Phi) is 5.57. The van der Waals surface area contributed by atoms with E-state index < -0.39 is 0 Å². The summed E-state index contributed by atoms with van der Waals surface area (Å²) in [6, 6.07) is 2.21. The summed E-state index contributed by atoms with van der Waals surface area (Å²) in [5.41, 5.74) is 1.95. The van der Waals surface area contributed by atoms with Gasteiger partial charge in [-0.3, -0.25) is 14.3 Å². The summed E-state index contributed by atoms with van der Waals surface area (Å²) >= 11 is 0. The van der Waals surface area contributed by atoms with E-state index in [-0.39, 0.29) is 17.9 Å². The molecule has 0 bridgehead atoms. The van der Waals surface area contributed by atoms with Crippen molar-refractivity contribution in [3.63, 3.8) is 0 Å². The number of carbonyl (C=O) groups is 2. The summed E-state index contributed by atoms with van der Waals surface area (Å²) in [4.78, 5) is 25.6. The number of hydrogen-bond donors (Lipinski definition) is 1. The smallest absolute Gasteiger partial charge is 0.244 e. The summed E-state index contributed by atoms with van der Waals surface area (Å²) in [5.74, 6) is 0.107. The van der Waals surface area contributed by atoms with Crippen LogP contribution in [0.5, 0.6) is 0 Å². The number of aryl methyl sites for hydroxylation is 2. The van der Waals surface area contributed by atoms with E-state index >= 15 is 0 Å². The van der Waals surface area contributed by atoms with Crippen molar-refractivity contribution in [3.8, 4) is 0 Å². The number of amides is 2. The molecule has 0 aliphatic carbocycles. The maximum absolute atomic E-state index is 12.6. The van der Waals surface area contributed by atoms with E-state index in [0.29, 0.717) is 13.1 Å². The van der Waals surface area contributed by atoms with Crippen LogP contribution < -0.4 is 5.32 Å². The van der Waals surface area contributed by atoms with Gasteiger partial charge in [-0.2, -0.15) is 5.10 Å². The van der Waals surface area contributed by atoms with Gasteiger partial charge in [0.2, 0.25) is 11.8 Å². The summed E-state index contributed by atoms with van der Waals surface area (Å²) in [5, 5.41) is 7.19. The number of nitrogens with zero attached hydrogens (tertiary/aromatic N) is 3. The first-order valence-electron chi connectivity index (χ1n) is 8.02. The molecule has 1 aliphatic heterocycles. The van der Waals surface area contributed by atoms with Crippen LogP contribution in [0.25, 0.3) is 0 Å². The second kappa shape index (κ2) is 7.42. The van der Waals surface area contributed by atoms with Gasteiger partial charge in [0, 0.05) is 31.7 Å². The van der Waals surface area contributed by atoms with Crippen LogP contribution in [0.1, 0.15) is 44.0 Å². The topological polar surface area (TPSA) is 67.2 Å². The van der Waals surface area contributed by atoms with Crippen LogP contribution in [0.4, 0.5) is 0 Å². The molecule has 2 amide bonds. The van der Waals surface area contributed by atoms with Crippen molar-refractivity contribution in [2.75, 3.05) is 13.1 Å². The number of hydrogen-bond acceptors (Lipinski definition) is 3. The van der Waals surface area contributed by atoms with Crippen LogP contribution in [0.3, 0.4) is 0 Å². The Morgan fingerprint density at radius 1 is 1.36 bits per heavy atom. The largest absolute Gasteiger partial charge is 0.356 e. The lowest BCUT2D eigenvalue weighted by Gasteiger charge is -2.36. The van der Waals surface area contributed by atoms with Crippen molar-refractivity contribution < 1.29 is 9.59 Å². The fourth-order valence-electron chi connectivity index (χ4n) is 3.10. The van der Waals surface area contributed by atoms with E-state index in [4.69, 9.17) is 0 Å². The molecule has 2 rings (SSSR count). The van der Waals surface area contributed by atoms with E-state index in [0.717, 1.165) is 43.6 Å². The minimum atomic E-state index is -0.0173. The van der Waals surface area contributed by atoms with Gasteiger partial charge >= 0.3 is 0 Å². The molecule has 1 aliphatic rings. The van der Waals surface area contributed by atoms with Crippen LogP contribution in [-0.4, -0.2) is 45.6 Å². The van der Waals surface area contributed by atoms with E-state index in [1.54, 1.807) is 4.68 Å². The van der Waals surface area contributed by atoms with Gasteiger partial charge in [-0.25, -0.2) is 0 Å². The number of aromatic nitrogens is 2. The highest BCUT2D eigenvalue weighted by molar-refractivity contribution is 5.76. The summed E-state index contributed by atoms with van der Waals surface area (Å²) in [6.45, 7) is 7.17. The van der Waals surface area contributed by atoms with E-state index in [2.05, 4.69) is 10.4 Å². The van der Waals surface area contributed by atoms with Crippen molar-refractivity contribution in [3.05, 3.63) is 17.5 Å². The van der Waals surface area contributed by atoms with Crippen molar-refractivity contribution >= 4 is 11.8 Å². The highest BCUT2D eigenvalue weighted by Gasteiger charge is 2.26. The van der Waals surface area contributed by atoms with Crippen LogP contribution in [-0.2, 0) is 16.1 Å². The van der Waals surface area contributed by atoms with Gasteiger partial charge in [-0.05, 0) is 45.6 Å². The lowest BCUT2D eigenvalue weighted by Crippen LogP contribution is -2.46. The molecule has 0 aromatic carbocycles. The average molecular weight is 306 g/mol. The Hall–Kier alpha value is -1.85. The Balaban J connectivity index is 1.95. The maximum Gasteiger partial charge on any atom is 0.244 e. The van der Waals surface area contributed by atoms with Gasteiger partial charge in [0.1, 0.15) is 6.54 Å². The highest BCUT2D eigenvalue weighted by atomic mass is 16.2. The maximum atomic E-state index is 12.6. The molecule has 1 fully saturated rings. The monoisotopic (exact) mass is 306 g/mol. The minimum absolute atomic E-state index is 0.0173. The molecule has 0 saturated carbocycles. The first-order valence-corrected chi connectivity index (χ1v) is 8.02. The summed E-state index contributed by atoms with van der Waals surface area (Å²) < 4.78 is 1.77. The molecule has 6 nitrogen and oxygen atoms in total. The third-order valence-corrected chi connectivity index (χ3v) is 4.19. The molecule has 1 atom stereocenters. The Morgan fingerprint density at radius 3 is 2.77 bits per heavy atom. The highest BCUT2D eigenvalue weighted by Crippen LogP contribution is 2.20. The Morgan fingerprint density at radius 2 is 2.14 bits per heavy atom. The van der Waals surface area contributed by atoms with Crippen molar-refractivity contribution in [1.82, 2.24) is 20.0 Å². The second-order valence-electron chi connectivity index (χ2n) is 6.09. The van der Waals surface area contributed by atoms with E-state index in [1.165, 1.54) is 6.92 Å². The number of carbonyl (C=O) groups excluding carboxylic acids is 2. The first-order chi connectivity index (χ1) is 10.5. The molecule has 1 aromatic rings. The van der Waals surface area contributed by atoms with Gasteiger partial charge < -0.3 is 10.2 Å². The molecule has 1 N–H and O–H groups in total. The zero-order valence-corrected chi connectivity index (χ0v) is 13.8. The molecule has 0 spiro atoms. The van der Waals surface area contributed by atoms with Crippen LogP contribution in [0.2, 0.25) is 0 Å². The average Bonchev–Trinajstić information content (AvgIpc) is 2.77. The van der Waals surface area contributed by atoms with Gasteiger partial charge in [0.15, 0.2) is 0 Å². The van der Waals surface area contributed by atoms with Gasteiger partial charge in [0.25, 0.3) is 0 Å². The van der Waals surface area contributed by atoms with Crippen LogP contribution in [0, 0.1) is 13.8 Å². The first kappa shape index (κ1) is 16.5. The molecule has 0 unspecified atom stereocenters. The molecule has 1 saturated heterocycles.